The van der Waals surface area contributed by atoms with Gasteiger partial charge in [-0.2, -0.15) is 0 Å². The molecule has 4 nitrogen and oxygen atoms in total. The monoisotopic (exact) mass is 316 g/mol. The summed E-state index contributed by atoms with van der Waals surface area (Å²) in [6.45, 7) is 1.58. The third-order valence-electron chi connectivity index (χ3n) is 3.80. The van der Waals surface area contributed by atoms with Crippen LogP contribution in [0.2, 0.25) is 5.02 Å². The number of ether oxygens (including phenoxy) is 1. The molecule has 1 aliphatic rings. The summed E-state index contributed by atoms with van der Waals surface area (Å²) in [6.07, 6.45) is 8.27. The van der Waals surface area contributed by atoms with Gasteiger partial charge in [0, 0.05) is 47.0 Å². The molecule has 0 spiro atoms. The zero-order valence-corrected chi connectivity index (χ0v) is 13.1. The highest BCUT2D eigenvalue weighted by atomic mass is 35.5. The van der Waals surface area contributed by atoms with Crippen molar-refractivity contribution in [1.29, 1.82) is 0 Å². The van der Waals surface area contributed by atoms with Crippen molar-refractivity contribution >= 4 is 34.5 Å². The minimum atomic E-state index is -0.342. The van der Waals surface area contributed by atoms with Gasteiger partial charge in [-0.1, -0.05) is 17.7 Å². The minimum absolute atomic E-state index is 0.342. The number of nitrogens with one attached hydrogen (secondary N) is 1. The van der Waals surface area contributed by atoms with Crippen molar-refractivity contribution < 1.29 is 9.53 Å². The fourth-order valence-corrected chi connectivity index (χ4v) is 2.85. The highest BCUT2D eigenvalue weighted by molar-refractivity contribution is 6.31. The van der Waals surface area contributed by atoms with Crippen molar-refractivity contribution in [1.82, 2.24) is 9.88 Å². The first-order chi connectivity index (χ1) is 10.7. The van der Waals surface area contributed by atoms with Crippen LogP contribution in [-0.2, 0) is 16.0 Å². The molecule has 2 heterocycles. The Labute approximate surface area is 134 Å². The number of benzene rings is 1. The normalized spacial score (nSPS) is 16.4. The number of rotatable bonds is 2. The molecule has 114 valence electrons. The van der Waals surface area contributed by atoms with E-state index < -0.39 is 0 Å². The number of halogens is 1. The fraction of sp³-hybridized carbons (Fsp3) is 0.235. The molecule has 1 aliphatic heterocycles. The average molecular weight is 317 g/mol. The molecule has 5 heteroatoms. The summed E-state index contributed by atoms with van der Waals surface area (Å²) < 4.78 is 4.62. The Bertz CT molecular complexity index is 761. The first-order valence-electron chi connectivity index (χ1n) is 7.14. The number of methoxy groups -OCH3 is 1. The van der Waals surface area contributed by atoms with Crippen LogP contribution in [0, 0.1) is 0 Å². The summed E-state index contributed by atoms with van der Waals surface area (Å²) in [5.41, 5.74) is 3.48. The zero-order valence-electron chi connectivity index (χ0n) is 12.3. The predicted molar refractivity (Wildman–Crippen MR) is 88.8 cm³/mol. The summed E-state index contributed by atoms with van der Waals surface area (Å²) in [5, 5.41) is 1.90. The van der Waals surface area contributed by atoms with Crippen LogP contribution in [0.3, 0.4) is 0 Å². The number of carbonyl (C=O) groups is 1. The van der Waals surface area contributed by atoms with Gasteiger partial charge >= 0.3 is 5.97 Å². The molecular weight excluding hydrogens is 300 g/mol. The molecule has 0 saturated carbocycles. The van der Waals surface area contributed by atoms with Crippen molar-refractivity contribution in [2.45, 2.75) is 6.42 Å². The molecule has 0 aliphatic carbocycles. The summed E-state index contributed by atoms with van der Waals surface area (Å²) in [5.74, 6) is -0.342. The molecule has 1 N–H and O–H groups in total. The van der Waals surface area contributed by atoms with Crippen LogP contribution in [0.4, 0.5) is 0 Å². The van der Waals surface area contributed by atoms with Crippen molar-refractivity contribution in [2.24, 2.45) is 0 Å². The molecule has 0 atom stereocenters. The number of fused-ring (bicyclic) bond motifs is 3. The SMILES string of the molecule is COC(=O)/C=C/N1C/C=C\c2[nH]c3ccc(Cl)cc3c2CC1. The van der Waals surface area contributed by atoms with E-state index >= 15 is 0 Å². The third-order valence-corrected chi connectivity index (χ3v) is 4.03. The number of hydrogen-bond acceptors (Lipinski definition) is 3. The van der Waals surface area contributed by atoms with E-state index in [0.717, 1.165) is 41.1 Å². The largest absolute Gasteiger partial charge is 0.466 e. The smallest absolute Gasteiger partial charge is 0.331 e. The maximum atomic E-state index is 11.2. The molecule has 1 aromatic heterocycles. The second kappa shape index (κ2) is 6.28. The summed E-state index contributed by atoms with van der Waals surface area (Å²) in [6, 6.07) is 5.89. The lowest BCUT2D eigenvalue weighted by atomic mass is 10.1. The molecule has 0 radical (unpaired) electrons. The Morgan fingerprint density at radius 1 is 1.45 bits per heavy atom. The summed E-state index contributed by atoms with van der Waals surface area (Å²) in [7, 11) is 1.38. The molecular formula is C17H17ClN2O2. The van der Waals surface area contributed by atoms with E-state index in [1.807, 2.05) is 18.2 Å². The Morgan fingerprint density at radius 3 is 3.14 bits per heavy atom. The van der Waals surface area contributed by atoms with E-state index in [4.69, 9.17) is 11.6 Å². The van der Waals surface area contributed by atoms with Crippen LogP contribution >= 0.6 is 11.6 Å². The molecule has 2 aromatic rings. The van der Waals surface area contributed by atoms with E-state index in [1.165, 1.54) is 18.7 Å². The first kappa shape index (κ1) is 14.7. The molecule has 22 heavy (non-hydrogen) atoms. The molecule has 3 rings (SSSR count). The second-order valence-corrected chi connectivity index (χ2v) is 5.63. The minimum Gasteiger partial charge on any atom is -0.466 e. The first-order valence-corrected chi connectivity index (χ1v) is 7.52. The van der Waals surface area contributed by atoms with Gasteiger partial charge in [0.1, 0.15) is 0 Å². The van der Waals surface area contributed by atoms with E-state index in [9.17, 15) is 4.79 Å². The maximum Gasteiger partial charge on any atom is 0.331 e. The number of hydrogen-bond donors (Lipinski definition) is 1. The summed E-state index contributed by atoms with van der Waals surface area (Å²) >= 11 is 6.12. The van der Waals surface area contributed by atoms with Crippen molar-refractivity contribution in [3.63, 3.8) is 0 Å². The molecule has 0 amide bonds. The third kappa shape index (κ3) is 3.02. The van der Waals surface area contributed by atoms with Gasteiger partial charge in [0.25, 0.3) is 0 Å². The molecule has 1 aromatic carbocycles. The van der Waals surface area contributed by atoms with Gasteiger partial charge in [0.2, 0.25) is 0 Å². The number of H-pyrrole nitrogens is 1. The van der Waals surface area contributed by atoms with Gasteiger partial charge in [-0.05, 0) is 36.3 Å². The number of aromatic nitrogens is 1. The Kier molecular flexibility index (Phi) is 4.20. The molecule has 0 saturated heterocycles. The lowest BCUT2D eigenvalue weighted by molar-refractivity contribution is -0.134. The van der Waals surface area contributed by atoms with E-state index in [0.29, 0.717) is 0 Å². The molecule has 0 unspecified atom stereocenters. The van der Waals surface area contributed by atoms with Gasteiger partial charge in [0.15, 0.2) is 0 Å². The standard InChI is InChI=1S/C17H17ClN2O2/c1-22-17(21)7-10-20-8-2-3-15-13(6-9-20)14-11-12(18)4-5-16(14)19-15/h2-5,7,10-11,19H,6,8-9H2,1H3/b3-2-,10-7+. The van der Waals surface area contributed by atoms with Crippen LogP contribution in [0.25, 0.3) is 17.0 Å². The predicted octanol–water partition coefficient (Wildman–Crippen LogP) is 3.38. The Morgan fingerprint density at radius 2 is 2.32 bits per heavy atom. The number of esters is 1. The van der Waals surface area contributed by atoms with E-state index in [2.05, 4.69) is 26.8 Å². The molecule has 0 fully saturated rings. The second-order valence-electron chi connectivity index (χ2n) is 5.19. The molecule has 0 bridgehead atoms. The Balaban J connectivity index is 1.87. The lowest BCUT2D eigenvalue weighted by Crippen LogP contribution is -2.22. The number of nitrogens with zero attached hydrogens (tertiary/aromatic N) is 1. The zero-order chi connectivity index (χ0) is 15.5. The van der Waals surface area contributed by atoms with Gasteiger partial charge in [-0.25, -0.2) is 4.79 Å². The van der Waals surface area contributed by atoms with Crippen LogP contribution in [0.5, 0.6) is 0 Å². The lowest BCUT2D eigenvalue weighted by Gasteiger charge is -2.20. The maximum absolute atomic E-state index is 11.2. The van der Waals surface area contributed by atoms with E-state index in [-0.39, 0.29) is 5.97 Å². The van der Waals surface area contributed by atoms with Crippen LogP contribution in [-0.4, -0.2) is 36.1 Å². The quantitative estimate of drug-likeness (QED) is 0.682. The fourth-order valence-electron chi connectivity index (χ4n) is 2.67. The van der Waals surface area contributed by atoms with Gasteiger partial charge in [0.05, 0.1) is 7.11 Å². The average Bonchev–Trinajstić information content (AvgIpc) is 2.82. The van der Waals surface area contributed by atoms with Crippen LogP contribution < -0.4 is 0 Å². The summed E-state index contributed by atoms with van der Waals surface area (Å²) in [4.78, 5) is 16.7. The highest BCUT2D eigenvalue weighted by Gasteiger charge is 2.13. The van der Waals surface area contributed by atoms with Crippen molar-refractivity contribution in [2.75, 3.05) is 20.2 Å². The van der Waals surface area contributed by atoms with Gasteiger partial charge in [-0.3, -0.25) is 0 Å². The van der Waals surface area contributed by atoms with Crippen molar-refractivity contribution in [3.05, 3.63) is 52.8 Å². The highest BCUT2D eigenvalue weighted by Crippen LogP contribution is 2.27. The van der Waals surface area contributed by atoms with E-state index in [1.54, 1.807) is 6.20 Å². The number of aromatic amines is 1. The van der Waals surface area contributed by atoms with Crippen LogP contribution in [0.1, 0.15) is 11.3 Å². The van der Waals surface area contributed by atoms with Crippen LogP contribution in [0.15, 0.2) is 36.6 Å². The van der Waals surface area contributed by atoms with Gasteiger partial charge in [-0.15, -0.1) is 0 Å². The van der Waals surface area contributed by atoms with Crippen molar-refractivity contribution in [3.8, 4) is 0 Å². The van der Waals surface area contributed by atoms with Gasteiger partial charge < -0.3 is 14.6 Å². The Hall–Kier alpha value is -2.20. The topological polar surface area (TPSA) is 45.3 Å². The number of carbonyl (C=O) groups excluding carboxylic acids is 1.